The third-order valence-corrected chi connectivity index (χ3v) is 3.99. The van der Waals surface area contributed by atoms with Crippen molar-refractivity contribution in [2.24, 2.45) is 5.73 Å². The molecule has 1 aromatic carbocycles. The summed E-state index contributed by atoms with van der Waals surface area (Å²) < 4.78 is 42.6. The second kappa shape index (κ2) is 6.40. The average molecular weight is 354 g/mol. The summed E-state index contributed by atoms with van der Waals surface area (Å²) in [6.45, 7) is 2.04. The van der Waals surface area contributed by atoms with Crippen LogP contribution in [0.2, 0.25) is 0 Å². The van der Waals surface area contributed by atoms with Crippen molar-refractivity contribution < 1.29 is 22.7 Å². The summed E-state index contributed by atoms with van der Waals surface area (Å²) in [7, 11) is 1.94. The number of halogens is 3. The molecule has 2 heterocycles. The normalized spacial score (nSPS) is 15.5. The summed E-state index contributed by atoms with van der Waals surface area (Å²) in [4.78, 5) is 18.1. The van der Waals surface area contributed by atoms with Crippen LogP contribution in [0.1, 0.15) is 22.6 Å². The molecule has 9 heteroatoms. The molecule has 2 N–H and O–H groups in total. The first-order chi connectivity index (χ1) is 11.7. The van der Waals surface area contributed by atoms with Crippen molar-refractivity contribution in [3.63, 3.8) is 0 Å². The number of primary amides is 1. The van der Waals surface area contributed by atoms with Gasteiger partial charge in [0.2, 0.25) is 0 Å². The number of imidazole rings is 1. The number of hydrogen-bond donors (Lipinski definition) is 1. The van der Waals surface area contributed by atoms with Gasteiger partial charge in [-0.1, -0.05) is 0 Å². The van der Waals surface area contributed by atoms with Gasteiger partial charge < -0.3 is 19.9 Å². The zero-order valence-electron chi connectivity index (χ0n) is 13.5. The minimum absolute atomic E-state index is 0.194. The van der Waals surface area contributed by atoms with E-state index in [0.717, 1.165) is 18.7 Å². The largest absolute Gasteiger partial charge is 0.573 e. The minimum atomic E-state index is -4.74. The molecule has 0 unspecified atom stereocenters. The van der Waals surface area contributed by atoms with Crippen LogP contribution in [0.25, 0.3) is 11.4 Å². The molecule has 1 aliphatic heterocycles. The maximum atomic E-state index is 12.3. The molecular weight excluding hydrogens is 337 g/mol. The Bertz CT molecular complexity index is 784. The summed E-state index contributed by atoms with van der Waals surface area (Å²) in [6.07, 6.45) is -3.88. The number of carbonyl (C=O) groups excluding carboxylic acids is 1. The Morgan fingerprint density at radius 1 is 1.24 bits per heavy atom. The van der Waals surface area contributed by atoms with Crippen LogP contribution in [-0.2, 0) is 13.1 Å². The monoisotopic (exact) mass is 354 g/mol. The Kier molecular flexibility index (Phi) is 4.42. The van der Waals surface area contributed by atoms with Gasteiger partial charge in [-0.15, -0.1) is 13.2 Å². The van der Waals surface area contributed by atoms with E-state index in [1.807, 2.05) is 11.6 Å². The van der Waals surface area contributed by atoms with Gasteiger partial charge in [0.25, 0.3) is 5.91 Å². The Morgan fingerprint density at radius 3 is 2.52 bits per heavy atom. The molecule has 0 bridgehead atoms. The molecule has 1 aliphatic rings. The molecule has 134 valence electrons. The summed E-state index contributed by atoms with van der Waals surface area (Å²) in [5.41, 5.74) is 6.95. The molecule has 1 aromatic heterocycles. The fraction of sp³-hybridized carbons (Fsp3) is 0.375. The fourth-order valence-corrected chi connectivity index (χ4v) is 2.94. The number of aromatic nitrogens is 2. The van der Waals surface area contributed by atoms with Gasteiger partial charge in [-0.25, -0.2) is 4.98 Å². The average Bonchev–Trinajstić information content (AvgIpc) is 2.74. The first-order valence-corrected chi connectivity index (χ1v) is 7.68. The molecule has 6 nitrogen and oxygen atoms in total. The molecule has 0 spiro atoms. The SMILES string of the molecule is CN1CCCn2c(-c3ccc(OC(F)(F)F)cc3)nc(C(N)=O)c2C1. The van der Waals surface area contributed by atoms with E-state index in [1.165, 1.54) is 24.3 Å². The van der Waals surface area contributed by atoms with Gasteiger partial charge in [0.1, 0.15) is 11.6 Å². The van der Waals surface area contributed by atoms with Crippen molar-refractivity contribution in [2.45, 2.75) is 25.9 Å². The van der Waals surface area contributed by atoms with E-state index in [1.54, 1.807) is 0 Å². The van der Waals surface area contributed by atoms with Crippen molar-refractivity contribution in [2.75, 3.05) is 13.6 Å². The molecule has 0 atom stereocenters. The highest BCUT2D eigenvalue weighted by molar-refractivity contribution is 5.93. The Hall–Kier alpha value is -2.55. The van der Waals surface area contributed by atoms with E-state index in [9.17, 15) is 18.0 Å². The second-order valence-electron chi connectivity index (χ2n) is 5.91. The summed E-state index contributed by atoms with van der Waals surface area (Å²) in [5.74, 6) is -0.422. The van der Waals surface area contributed by atoms with E-state index in [4.69, 9.17) is 5.73 Å². The Labute approximate surface area is 142 Å². The van der Waals surface area contributed by atoms with Gasteiger partial charge in [-0.2, -0.15) is 0 Å². The predicted octanol–water partition coefficient (Wildman–Crippen LogP) is 2.38. The Balaban J connectivity index is 2.00. The van der Waals surface area contributed by atoms with Crippen LogP contribution in [0.3, 0.4) is 0 Å². The number of ether oxygens (including phenoxy) is 1. The van der Waals surface area contributed by atoms with E-state index >= 15 is 0 Å². The molecule has 0 radical (unpaired) electrons. The molecule has 0 aliphatic carbocycles. The summed E-state index contributed by atoms with van der Waals surface area (Å²) >= 11 is 0. The molecule has 0 fully saturated rings. The first kappa shape index (κ1) is 17.3. The van der Waals surface area contributed by atoms with E-state index in [-0.39, 0.29) is 11.4 Å². The van der Waals surface area contributed by atoms with E-state index in [2.05, 4.69) is 14.6 Å². The lowest BCUT2D eigenvalue weighted by Crippen LogP contribution is -2.21. The van der Waals surface area contributed by atoms with Crippen molar-refractivity contribution in [1.29, 1.82) is 0 Å². The highest BCUT2D eigenvalue weighted by Gasteiger charge is 2.31. The predicted molar refractivity (Wildman–Crippen MR) is 83.8 cm³/mol. The van der Waals surface area contributed by atoms with Crippen LogP contribution >= 0.6 is 0 Å². The number of alkyl halides is 3. The number of carbonyl (C=O) groups is 1. The smallest absolute Gasteiger partial charge is 0.406 e. The van der Waals surface area contributed by atoms with Crippen LogP contribution in [-0.4, -0.2) is 40.3 Å². The standard InChI is InChI=1S/C16H17F3N4O2/c1-22-7-2-8-23-12(9-22)13(14(20)24)21-15(23)10-3-5-11(6-4-10)25-16(17,18)19/h3-6H,2,7-9H2,1H3,(H2,20,24). The highest BCUT2D eigenvalue weighted by Crippen LogP contribution is 2.29. The zero-order valence-corrected chi connectivity index (χ0v) is 13.5. The van der Waals surface area contributed by atoms with Gasteiger partial charge in [-0.05, 0) is 44.3 Å². The molecule has 0 saturated carbocycles. The number of benzene rings is 1. The number of amides is 1. The lowest BCUT2D eigenvalue weighted by Gasteiger charge is -2.12. The van der Waals surface area contributed by atoms with Crippen molar-refractivity contribution in [1.82, 2.24) is 14.5 Å². The third-order valence-electron chi connectivity index (χ3n) is 3.99. The summed E-state index contributed by atoms with van der Waals surface area (Å²) in [6, 6.07) is 5.40. The topological polar surface area (TPSA) is 73.4 Å². The molecule has 0 saturated heterocycles. The second-order valence-corrected chi connectivity index (χ2v) is 5.91. The molecular formula is C16H17F3N4O2. The van der Waals surface area contributed by atoms with Crippen molar-refractivity contribution in [3.8, 4) is 17.1 Å². The maximum absolute atomic E-state index is 12.3. The van der Waals surface area contributed by atoms with Crippen LogP contribution < -0.4 is 10.5 Å². The summed E-state index contributed by atoms with van der Waals surface area (Å²) in [5, 5.41) is 0. The minimum Gasteiger partial charge on any atom is -0.406 e. The molecule has 1 amide bonds. The number of rotatable bonds is 3. The van der Waals surface area contributed by atoms with Gasteiger partial charge >= 0.3 is 6.36 Å². The van der Waals surface area contributed by atoms with Crippen LogP contribution in [0.4, 0.5) is 13.2 Å². The van der Waals surface area contributed by atoms with E-state index in [0.29, 0.717) is 24.5 Å². The zero-order chi connectivity index (χ0) is 18.2. The molecule has 25 heavy (non-hydrogen) atoms. The van der Waals surface area contributed by atoms with E-state index < -0.39 is 12.3 Å². The molecule has 3 rings (SSSR count). The van der Waals surface area contributed by atoms with Gasteiger partial charge in [0.05, 0.1) is 5.69 Å². The van der Waals surface area contributed by atoms with Gasteiger partial charge in [-0.3, -0.25) is 4.79 Å². The number of hydrogen-bond acceptors (Lipinski definition) is 4. The maximum Gasteiger partial charge on any atom is 0.573 e. The fourth-order valence-electron chi connectivity index (χ4n) is 2.94. The van der Waals surface area contributed by atoms with Crippen molar-refractivity contribution in [3.05, 3.63) is 35.7 Å². The first-order valence-electron chi connectivity index (χ1n) is 7.68. The number of nitrogens with two attached hydrogens (primary N) is 1. The number of nitrogens with zero attached hydrogens (tertiary/aromatic N) is 3. The number of fused-ring (bicyclic) bond motifs is 1. The van der Waals surface area contributed by atoms with Gasteiger partial charge in [0, 0.05) is 18.7 Å². The molecule has 2 aromatic rings. The van der Waals surface area contributed by atoms with Crippen molar-refractivity contribution >= 4 is 5.91 Å². The quantitative estimate of drug-likeness (QED) is 0.919. The van der Waals surface area contributed by atoms with Crippen LogP contribution in [0.5, 0.6) is 5.75 Å². The lowest BCUT2D eigenvalue weighted by atomic mass is 10.2. The lowest BCUT2D eigenvalue weighted by molar-refractivity contribution is -0.274. The van der Waals surface area contributed by atoms with Crippen LogP contribution in [0.15, 0.2) is 24.3 Å². The van der Waals surface area contributed by atoms with Crippen LogP contribution in [0, 0.1) is 0 Å². The highest BCUT2D eigenvalue weighted by atomic mass is 19.4. The Morgan fingerprint density at radius 2 is 1.92 bits per heavy atom. The van der Waals surface area contributed by atoms with Gasteiger partial charge in [0.15, 0.2) is 5.69 Å². The third kappa shape index (κ3) is 3.76.